The zero-order chi connectivity index (χ0) is 23.5. The third-order valence-electron chi connectivity index (χ3n) is 5.94. The average molecular weight is 453 g/mol. The molecule has 0 aliphatic carbocycles. The Morgan fingerprint density at radius 1 is 1.00 bits per heavy atom. The maximum absolute atomic E-state index is 12.8. The van der Waals surface area contributed by atoms with Crippen LogP contribution in [0.2, 0.25) is 0 Å². The molecule has 2 heterocycles. The van der Waals surface area contributed by atoms with E-state index < -0.39 is 0 Å². The number of likely N-dealkylation sites (tertiary alicyclic amines) is 1. The molecule has 1 N–H and O–H groups in total. The van der Waals surface area contributed by atoms with E-state index in [2.05, 4.69) is 15.5 Å². The molecule has 0 saturated carbocycles. The minimum atomic E-state index is -0.371. The number of anilines is 1. The van der Waals surface area contributed by atoms with Gasteiger partial charge in [-0.2, -0.15) is 4.98 Å². The van der Waals surface area contributed by atoms with Crippen LogP contribution in [0, 0.1) is 12.8 Å². The molecule has 0 spiro atoms. The Morgan fingerprint density at radius 3 is 2.44 bits per heavy atom. The lowest BCUT2D eigenvalue weighted by molar-refractivity contribution is -0.128. The number of rotatable bonds is 6. The number of nitrogens with zero attached hydrogens (tertiary/aromatic N) is 3. The zero-order valence-electron chi connectivity index (χ0n) is 18.8. The van der Waals surface area contributed by atoms with Gasteiger partial charge in [-0.05, 0) is 36.8 Å². The Hall–Kier alpha value is -4.26. The fourth-order valence-corrected chi connectivity index (χ4v) is 4.01. The van der Waals surface area contributed by atoms with Crippen LogP contribution in [-0.4, -0.2) is 33.4 Å². The normalized spacial score (nSPS) is 15.5. The first-order chi connectivity index (χ1) is 16.5. The van der Waals surface area contributed by atoms with Crippen molar-refractivity contribution in [1.29, 1.82) is 0 Å². The monoisotopic (exact) mass is 452 g/mol. The molecular formula is C27H24N4O3. The SMILES string of the molecule is Cc1ccc(-c2noc(-c3ccc(NC(=O)[C@@H]4CC(=O)N(Cc5ccccc5)C4)cc3)n2)cc1. The van der Waals surface area contributed by atoms with E-state index in [4.69, 9.17) is 4.52 Å². The number of carbonyl (C=O) groups is 2. The average Bonchev–Trinajstić information content (AvgIpc) is 3.48. The quantitative estimate of drug-likeness (QED) is 0.458. The van der Waals surface area contributed by atoms with Crippen molar-refractivity contribution in [3.63, 3.8) is 0 Å². The van der Waals surface area contributed by atoms with Crippen molar-refractivity contribution in [3.8, 4) is 22.8 Å². The van der Waals surface area contributed by atoms with Gasteiger partial charge in [0.25, 0.3) is 5.89 Å². The fourth-order valence-electron chi connectivity index (χ4n) is 4.01. The van der Waals surface area contributed by atoms with Crippen molar-refractivity contribution in [3.05, 3.63) is 90.0 Å². The number of aryl methyl sites for hydroxylation is 1. The molecule has 1 aliphatic rings. The lowest BCUT2D eigenvalue weighted by Gasteiger charge is -2.16. The number of hydrogen-bond acceptors (Lipinski definition) is 5. The summed E-state index contributed by atoms with van der Waals surface area (Å²) in [7, 11) is 0. The first kappa shape index (κ1) is 21.6. The Bertz CT molecular complexity index is 1300. The van der Waals surface area contributed by atoms with Crippen molar-refractivity contribution in [2.24, 2.45) is 5.92 Å². The molecular weight excluding hydrogens is 428 g/mol. The zero-order valence-corrected chi connectivity index (χ0v) is 18.8. The van der Waals surface area contributed by atoms with Crippen molar-refractivity contribution in [1.82, 2.24) is 15.0 Å². The second-order valence-corrected chi connectivity index (χ2v) is 8.52. The first-order valence-corrected chi connectivity index (χ1v) is 11.2. The molecule has 170 valence electrons. The number of nitrogens with one attached hydrogen (secondary N) is 1. The summed E-state index contributed by atoms with van der Waals surface area (Å²) in [5.41, 5.74) is 4.52. The van der Waals surface area contributed by atoms with Gasteiger partial charge in [0, 0.05) is 36.3 Å². The molecule has 1 aliphatic heterocycles. The Kier molecular flexibility index (Phi) is 5.91. The first-order valence-electron chi connectivity index (χ1n) is 11.2. The third-order valence-corrected chi connectivity index (χ3v) is 5.94. The van der Waals surface area contributed by atoms with Crippen LogP contribution in [0.1, 0.15) is 17.5 Å². The van der Waals surface area contributed by atoms with Crippen LogP contribution in [0.25, 0.3) is 22.8 Å². The minimum Gasteiger partial charge on any atom is -0.338 e. The fraction of sp³-hybridized carbons (Fsp3) is 0.185. The highest BCUT2D eigenvalue weighted by molar-refractivity contribution is 5.97. The molecule has 7 heteroatoms. The highest BCUT2D eigenvalue weighted by Crippen LogP contribution is 2.25. The summed E-state index contributed by atoms with van der Waals surface area (Å²) in [6, 6.07) is 24.9. The van der Waals surface area contributed by atoms with E-state index in [0.717, 1.165) is 22.3 Å². The predicted octanol–water partition coefficient (Wildman–Crippen LogP) is 4.70. The second kappa shape index (κ2) is 9.31. The van der Waals surface area contributed by atoms with Gasteiger partial charge in [-0.15, -0.1) is 0 Å². The highest BCUT2D eigenvalue weighted by atomic mass is 16.5. The lowest BCUT2D eigenvalue weighted by atomic mass is 10.1. The number of aromatic nitrogens is 2. The maximum Gasteiger partial charge on any atom is 0.258 e. The smallest absolute Gasteiger partial charge is 0.258 e. The third kappa shape index (κ3) is 4.73. The van der Waals surface area contributed by atoms with Crippen molar-refractivity contribution >= 4 is 17.5 Å². The number of hydrogen-bond donors (Lipinski definition) is 1. The van der Waals surface area contributed by atoms with Crippen LogP contribution in [0.5, 0.6) is 0 Å². The van der Waals surface area contributed by atoms with Gasteiger partial charge in [-0.3, -0.25) is 9.59 Å². The molecule has 5 rings (SSSR count). The summed E-state index contributed by atoms with van der Waals surface area (Å²) in [5, 5.41) is 6.99. The summed E-state index contributed by atoms with van der Waals surface area (Å²) >= 11 is 0. The van der Waals surface area contributed by atoms with Gasteiger partial charge in [0.05, 0.1) is 5.92 Å². The summed E-state index contributed by atoms with van der Waals surface area (Å²) in [5.74, 6) is 0.407. The maximum atomic E-state index is 12.8. The Morgan fingerprint density at radius 2 is 1.71 bits per heavy atom. The van der Waals surface area contributed by atoms with Crippen LogP contribution >= 0.6 is 0 Å². The molecule has 4 aromatic rings. The summed E-state index contributed by atoms with van der Waals surface area (Å²) in [6.45, 7) is 2.96. The second-order valence-electron chi connectivity index (χ2n) is 8.52. The molecule has 0 unspecified atom stereocenters. The molecule has 3 aromatic carbocycles. The van der Waals surface area contributed by atoms with E-state index in [9.17, 15) is 9.59 Å². The van der Waals surface area contributed by atoms with Crippen molar-refractivity contribution in [2.75, 3.05) is 11.9 Å². The molecule has 0 bridgehead atoms. The molecule has 1 saturated heterocycles. The van der Waals surface area contributed by atoms with E-state index in [0.29, 0.717) is 30.5 Å². The van der Waals surface area contributed by atoms with Crippen LogP contribution in [0.15, 0.2) is 83.4 Å². The van der Waals surface area contributed by atoms with Gasteiger partial charge < -0.3 is 14.7 Å². The minimum absolute atomic E-state index is 0.000116. The van der Waals surface area contributed by atoms with Gasteiger partial charge in [-0.1, -0.05) is 65.3 Å². The van der Waals surface area contributed by atoms with E-state index in [-0.39, 0.29) is 24.2 Å². The van der Waals surface area contributed by atoms with Crippen LogP contribution in [-0.2, 0) is 16.1 Å². The van der Waals surface area contributed by atoms with Crippen LogP contribution in [0.4, 0.5) is 5.69 Å². The Labute approximate surface area is 197 Å². The van der Waals surface area contributed by atoms with E-state index in [1.54, 1.807) is 17.0 Å². The summed E-state index contributed by atoms with van der Waals surface area (Å²) < 4.78 is 5.42. The largest absolute Gasteiger partial charge is 0.338 e. The molecule has 0 radical (unpaired) electrons. The summed E-state index contributed by atoms with van der Waals surface area (Å²) in [6.07, 6.45) is 0.223. The van der Waals surface area contributed by atoms with E-state index in [1.165, 1.54) is 0 Å². The molecule has 1 atom stereocenters. The number of amides is 2. The number of benzene rings is 3. The Balaban J connectivity index is 1.20. The van der Waals surface area contributed by atoms with Crippen LogP contribution < -0.4 is 5.32 Å². The molecule has 34 heavy (non-hydrogen) atoms. The number of carbonyl (C=O) groups excluding carboxylic acids is 2. The van der Waals surface area contributed by atoms with Gasteiger partial charge in [-0.25, -0.2) is 0 Å². The van der Waals surface area contributed by atoms with Gasteiger partial charge in [0.1, 0.15) is 0 Å². The lowest BCUT2D eigenvalue weighted by Crippen LogP contribution is -2.28. The van der Waals surface area contributed by atoms with Crippen molar-refractivity contribution in [2.45, 2.75) is 19.9 Å². The molecule has 1 aromatic heterocycles. The standard InChI is InChI=1S/C27H24N4O3/c1-18-7-9-20(10-8-18)25-29-27(34-30-25)21-11-13-23(14-12-21)28-26(33)22-15-24(32)31(17-22)16-19-5-3-2-4-6-19/h2-14,22H,15-17H2,1H3,(H,28,33)/t22-/m1/s1. The van der Waals surface area contributed by atoms with E-state index >= 15 is 0 Å². The predicted molar refractivity (Wildman–Crippen MR) is 129 cm³/mol. The van der Waals surface area contributed by atoms with Gasteiger partial charge >= 0.3 is 0 Å². The highest BCUT2D eigenvalue weighted by Gasteiger charge is 2.34. The van der Waals surface area contributed by atoms with Crippen molar-refractivity contribution < 1.29 is 14.1 Å². The van der Waals surface area contributed by atoms with Gasteiger partial charge in [0.2, 0.25) is 17.6 Å². The molecule has 2 amide bonds. The molecule has 1 fully saturated rings. The topological polar surface area (TPSA) is 88.3 Å². The molecule has 7 nitrogen and oxygen atoms in total. The summed E-state index contributed by atoms with van der Waals surface area (Å²) in [4.78, 5) is 31.4. The van der Waals surface area contributed by atoms with E-state index in [1.807, 2.05) is 73.7 Å². The van der Waals surface area contributed by atoms with Gasteiger partial charge in [0.15, 0.2) is 0 Å². The van der Waals surface area contributed by atoms with Crippen LogP contribution in [0.3, 0.4) is 0 Å².